The van der Waals surface area contributed by atoms with E-state index in [-0.39, 0.29) is 11.5 Å². The molecule has 2 aliphatic carbocycles. The van der Waals surface area contributed by atoms with Crippen LogP contribution in [-0.2, 0) is 0 Å². The van der Waals surface area contributed by atoms with Crippen molar-refractivity contribution in [2.45, 2.75) is 50.1 Å². The zero-order valence-electron chi connectivity index (χ0n) is 10.00. The summed E-state index contributed by atoms with van der Waals surface area (Å²) in [5, 5.41) is 13.0. The van der Waals surface area contributed by atoms with Gasteiger partial charge >= 0.3 is 0 Å². The summed E-state index contributed by atoms with van der Waals surface area (Å²) in [6.45, 7) is 2.12. The summed E-state index contributed by atoms with van der Waals surface area (Å²) in [5.74, 6) is 0.318. The molecule has 2 rings (SSSR count). The van der Waals surface area contributed by atoms with Crippen molar-refractivity contribution in [3.8, 4) is 0 Å². The summed E-state index contributed by atoms with van der Waals surface area (Å²) in [6.07, 6.45) is 7.88. The van der Waals surface area contributed by atoms with Gasteiger partial charge in [-0.25, -0.2) is 0 Å². The molecule has 0 heterocycles. The van der Waals surface area contributed by atoms with E-state index in [1.165, 1.54) is 0 Å². The van der Waals surface area contributed by atoms with Crippen LogP contribution in [0.25, 0.3) is 0 Å². The van der Waals surface area contributed by atoms with Gasteiger partial charge in [0.1, 0.15) is 0 Å². The molecule has 0 aromatic carbocycles. The van der Waals surface area contributed by atoms with Gasteiger partial charge < -0.3 is 10.4 Å². The highest BCUT2D eigenvalue weighted by Crippen LogP contribution is 2.32. The number of aliphatic hydroxyl groups is 1. The standard InChI is InChI=1S/C13H19BrClNO/c1-8-11(14)6-7-12(13(8)15)16-9-2-4-10(17)5-3-9/h6-10,13,16-17H,2-5H2,1H3. The van der Waals surface area contributed by atoms with Crippen LogP contribution in [0.1, 0.15) is 32.6 Å². The number of aliphatic hydroxyl groups excluding tert-OH is 1. The molecule has 2 unspecified atom stereocenters. The van der Waals surface area contributed by atoms with Gasteiger partial charge in [-0.3, -0.25) is 0 Å². The van der Waals surface area contributed by atoms with Gasteiger partial charge in [0.25, 0.3) is 0 Å². The van der Waals surface area contributed by atoms with Crippen molar-refractivity contribution in [2.75, 3.05) is 0 Å². The summed E-state index contributed by atoms with van der Waals surface area (Å²) in [7, 11) is 0. The van der Waals surface area contributed by atoms with Crippen molar-refractivity contribution >= 4 is 27.5 Å². The lowest BCUT2D eigenvalue weighted by molar-refractivity contribution is 0.118. The fourth-order valence-corrected chi connectivity index (χ4v) is 3.23. The third-order valence-corrected chi connectivity index (χ3v) is 5.26. The first kappa shape index (κ1) is 13.4. The molecule has 0 saturated heterocycles. The van der Waals surface area contributed by atoms with Crippen LogP contribution in [0.4, 0.5) is 0 Å². The topological polar surface area (TPSA) is 32.3 Å². The molecule has 0 amide bonds. The lowest BCUT2D eigenvalue weighted by atomic mass is 9.91. The molecule has 2 atom stereocenters. The second-order valence-corrected chi connectivity index (χ2v) is 6.40. The minimum atomic E-state index is -0.104. The highest BCUT2D eigenvalue weighted by Gasteiger charge is 2.27. The van der Waals surface area contributed by atoms with Gasteiger partial charge in [0.15, 0.2) is 0 Å². The zero-order chi connectivity index (χ0) is 12.4. The van der Waals surface area contributed by atoms with Crippen molar-refractivity contribution in [1.82, 2.24) is 5.32 Å². The van der Waals surface area contributed by atoms with Gasteiger partial charge in [0.2, 0.25) is 0 Å². The quantitative estimate of drug-likeness (QED) is 0.765. The average molecular weight is 321 g/mol. The van der Waals surface area contributed by atoms with Crippen molar-refractivity contribution < 1.29 is 5.11 Å². The van der Waals surface area contributed by atoms with Gasteiger partial charge in [-0.1, -0.05) is 22.9 Å². The first-order chi connectivity index (χ1) is 8.08. The van der Waals surface area contributed by atoms with Crippen molar-refractivity contribution in [3.63, 3.8) is 0 Å². The summed E-state index contributed by atoms with van der Waals surface area (Å²) in [5.41, 5.74) is 1.11. The van der Waals surface area contributed by atoms with Gasteiger partial charge in [0.05, 0.1) is 11.5 Å². The molecule has 0 aliphatic heterocycles. The molecule has 0 aromatic rings. The van der Waals surface area contributed by atoms with E-state index in [1.54, 1.807) is 0 Å². The Kier molecular flexibility index (Phi) is 4.56. The average Bonchev–Trinajstić information content (AvgIpc) is 2.33. The number of hydrogen-bond donors (Lipinski definition) is 2. The summed E-state index contributed by atoms with van der Waals surface area (Å²) in [4.78, 5) is 0. The molecule has 2 aliphatic rings. The van der Waals surface area contributed by atoms with Crippen LogP contribution >= 0.6 is 27.5 Å². The van der Waals surface area contributed by atoms with E-state index in [0.29, 0.717) is 12.0 Å². The van der Waals surface area contributed by atoms with Crippen LogP contribution in [0.5, 0.6) is 0 Å². The minimum Gasteiger partial charge on any atom is -0.393 e. The Morgan fingerprint density at radius 1 is 1.29 bits per heavy atom. The van der Waals surface area contributed by atoms with E-state index in [0.717, 1.165) is 35.9 Å². The highest BCUT2D eigenvalue weighted by molar-refractivity contribution is 9.11. The van der Waals surface area contributed by atoms with E-state index in [2.05, 4.69) is 40.3 Å². The van der Waals surface area contributed by atoms with Gasteiger partial charge in [-0.2, -0.15) is 0 Å². The lowest BCUT2D eigenvalue weighted by Crippen LogP contribution is -2.38. The summed E-state index contributed by atoms with van der Waals surface area (Å²) < 4.78 is 1.15. The largest absolute Gasteiger partial charge is 0.393 e. The molecule has 2 nitrogen and oxygen atoms in total. The zero-order valence-corrected chi connectivity index (χ0v) is 12.3. The first-order valence-electron chi connectivity index (χ1n) is 6.24. The number of halogens is 2. The molecule has 0 radical (unpaired) electrons. The Morgan fingerprint density at radius 3 is 2.59 bits per heavy atom. The molecule has 17 heavy (non-hydrogen) atoms. The molecular weight excluding hydrogens is 302 g/mol. The molecule has 0 aromatic heterocycles. The third-order valence-electron chi connectivity index (χ3n) is 3.66. The molecular formula is C13H19BrClNO. The monoisotopic (exact) mass is 319 g/mol. The van der Waals surface area contributed by atoms with Crippen LogP contribution < -0.4 is 5.32 Å². The van der Waals surface area contributed by atoms with Crippen molar-refractivity contribution in [2.24, 2.45) is 5.92 Å². The minimum absolute atomic E-state index is 0.0150. The lowest BCUT2D eigenvalue weighted by Gasteiger charge is -2.32. The number of alkyl halides is 1. The Balaban J connectivity index is 1.95. The normalized spacial score (nSPS) is 38.4. The van der Waals surface area contributed by atoms with E-state index in [1.807, 2.05) is 0 Å². The van der Waals surface area contributed by atoms with Gasteiger partial charge in [-0.15, -0.1) is 11.6 Å². The predicted octanol–water partition coefficient (Wildman–Crippen LogP) is 3.30. The van der Waals surface area contributed by atoms with Crippen LogP contribution in [0.15, 0.2) is 22.3 Å². The summed E-state index contributed by atoms with van der Waals surface area (Å²) in [6, 6.07) is 0.461. The van der Waals surface area contributed by atoms with E-state index >= 15 is 0 Å². The molecule has 1 saturated carbocycles. The Labute approximate surface area is 116 Å². The predicted molar refractivity (Wildman–Crippen MR) is 75.3 cm³/mol. The molecule has 0 bridgehead atoms. The van der Waals surface area contributed by atoms with Gasteiger partial charge in [-0.05, 0) is 42.3 Å². The van der Waals surface area contributed by atoms with Crippen LogP contribution in [0.2, 0.25) is 0 Å². The van der Waals surface area contributed by atoms with E-state index in [4.69, 9.17) is 11.6 Å². The first-order valence-corrected chi connectivity index (χ1v) is 7.47. The maximum atomic E-state index is 9.48. The Hall–Kier alpha value is 0.01000. The number of hydrogen-bond acceptors (Lipinski definition) is 2. The second kappa shape index (κ2) is 5.77. The second-order valence-electron chi connectivity index (χ2n) is 5.01. The maximum Gasteiger partial charge on any atom is 0.0802 e. The van der Waals surface area contributed by atoms with Crippen LogP contribution in [0.3, 0.4) is 0 Å². The SMILES string of the molecule is CC1C(Br)=CC=C(NC2CCC(O)CC2)C1Cl. The van der Waals surface area contributed by atoms with Gasteiger partial charge in [0, 0.05) is 17.7 Å². The van der Waals surface area contributed by atoms with Crippen LogP contribution in [-0.4, -0.2) is 22.6 Å². The van der Waals surface area contributed by atoms with E-state index < -0.39 is 0 Å². The Bertz CT molecular complexity index is 334. The third kappa shape index (κ3) is 3.27. The molecule has 2 N–H and O–H groups in total. The highest BCUT2D eigenvalue weighted by atomic mass is 79.9. The number of rotatable bonds is 2. The molecule has 1 fully saturated rings. The van der Waals surface area contributed by atoms with Crippen LogP contribution in [0, 0.1) is 5.92 Å². The van der Waals surface area contributed by atoms with Crippen molar-refractivity contribution in [1.29, 1.82) is 0 Å². The number of nitrogens with one attached hydrogen (secondary N) is 1. The fourth-order valence-electron chi connectivity index (χ4n) is 2.41. The maximum absolute atomic E-state index is 9.48. The number of allylic oxidation sites excluding steroid dienone is 4. The van der Waals surface area contributed by atoms with Crippen molar-refractivity contribution in [3.05, 3.63) is 22.3 Å². The Morgan fingerprint density at radius 2 is 1.94 bits per heavy atom. The molecule has 0 spiro atoms. The smallest absolute Gasteiger partial charge is 0.0802 e. The molecule has 96 valence electrons. The van der Waals surface area contributed by atoms with E-state index in [9.17, 15) is 5.11 Å². The molecule has 4 heteroatoms. The fraction of sp³-hybridized carbons (Fsp3) is 0.692. The summed E-state index contributed by atoms with van der Waals surface area (Å²) >= 11 is 9.95.